The predicted molar refractivity (Wildman–Crippen MR) is 69.3 cm³/mol. The molecule has 94 valence electrons. The smallest absolute Gasteiger partial charge is 0.252 e. The largest absolute Gasteiger partial charge is 0.385 e. The third-order valence-electron chi connectivity index (χ3n) is 3.04. The number of halogens is 1. The van der Waals surface area contributed by atoms with E-state index in [1.54, 1.807) is 11.4 Å². The summed E-state index contributed by atoms with van der Waals surface area (Å²) in [6, 6.07) is 1.76. The first-order chi connectivity index (χ1) is 8.01. The van der Waals surface area contributed by atoms with Gasteiger partial charge in [-0.2, -0.15) is 0 Å². The fraction of sp³-hybridized carbons (Fsp3) is 0.545. The molecule has 1 aliphatic heterocycles. The molecule has 1 fully saturated rings. The van der Waals surface area contributed by atoms with Crippen molar-refractivity contribution in [1.29, 1.82) is 0 Å². The molecule has 1 amide bonds. The highest BCUT2D eigenvalue weighted by molar-refractivity contribution is 9.11. The van der Waals surface area contributed by atoms with E-state index in [2.05, 4.69) is 21.2 Å². The normalized spacial score (nSPS) is 28.3. The van der Waals surface area contributed by atoms with Crippen molar-refractivity contribution >= 4 is 33.2 Å². The molecule has 1 aliphatic rings. The van der Waals surface area contributed by atoms with Crippen LogP contribution in [0.2, 0.25) is 0 Å². The average molecular weight is 320 g/mol. The van der Waals surface area contributed by atoms with Crippen LogP contribution in [0.25, 0.3) is 0 Å². The Balaban J connectivity index is 1.92. The van der Waals surface area contributed by atoms with Gasteiger partial charge in [0.2, 0.25) is 0 Å². The van der Waals surface area contributed by atoms with Crippen molar-refractivity contribution in [3.63, 3.8) is 0 Å². The molecule has 2 unspecified atom stereocenters. The van der Waals surface area contributed by atoms with Gasteiger partial charge in [0, 0.05) is 25.0 Å². The Bertz CT molecular complexity index is 423. The van der Waals surface area contributed by atoms with Gasteiger partial charge in [-0.25, -0.2) is 0 Å². The number of rotatable bonds is 3. The Morgan fingerprint density at radius 2 is 2.59 bits per heavy atom. The van der Waals surface area contributed by atoms with Crippen LogP contribution in [0.3, 0.4) is 0 Å². The molecule has 2 heterocycles. The van der Waals surface area contributed by atoms with E-state index in [1.807, 2.05) is 6.92 Å². The average Bonchev–Trinajstić information content (AvgIpc) is 2.84. The van der Waals surface area contributed by atoms with E-state index >= 15 is 0 Å². The molecule has 0 spiro atoms. The summed E-state index contributed by atoms with van der Waals surface area (Å²) >= 11 is 4.77. The maximum atomic E-state index is 11.8. The summed E-state index contributed by atoms with van der Waals surface area (Å²) in [4.78, 5) is 11.8. The SMILES string of the molecule is CC1OCCC1(O)CNC(=O)c1csc(Br)c1. The number of hydrogen-bond donors (Lipinski definition) is 2. The van der Waals surface area contributed by atoms with Crippen LogP contribution in [0.1, 0.15) is 23.7 Å². The molecule has 6 heteroatoms. The monoisotopic (exact) mass is 319 g/mol. The summed E-state index contributed by atoms with van der Waals surface area (Å²) in [5.74, 6) is -0.167. The second-order valence-corrected chi connectivity index (χ2v) is 6.48. The molecule has 0 aromatic carbocycles. The van der Waals surface area contributed by atoms with E-state index in [0.717, 1.165) is 3.79 Å². The van der Waals surface area contributed by atoms with Crippen molar-refractivity contribution in [2.45, 2.75) is 25.0 Å². The number of aliphatic hydroxyl groups is 1. The highest BCUT2D eigenvalue weighted by Crippen LogP contribution is 2.25. The minimum Gasteiger partial charge on any atom is -0.385 e. The second kappa shape index (κ2) is 5.06. The third-order valence-corrected chi connectivity index (χ3v) is 4.55. The summed E-state index contributed by atoms with van der Waals surface area (Å²) in [5.41, 5.74) is -0.333. The Labute approximate surface area is 112 Å². The highest BCUT2D eigenvalue weighted by atomic mass is 79.9. The van der Waals surface area contributed by atoms with Crippen LogP contribution in [-0.2, 0) is 4.74 Å². The highest BCUT2D eigenvalue weighted by Gasteiger charge is 2.39. The van der Waals surface area contributed by atoms with Gasteiger partial charge < -0.3 is 15.2 Å². The molecule has 0 aliphatic carbocycles. The van der Waals surface area contributed by atoms with E-state index in [1.165, 1.54) is 11.3 Å². The molecule has 4 nitrogen and oxygen atoms in total. The van der Waals surface area contributed by atoms with Crippen LogP contribution in [0, 0.1) is 0 Å². The zero-order valence-electron chi connectivity index (χ0n) is 9.40. The quantitative estimate of drug-likeness (QED) is 0.892. The molecule has 2 rings (SSSR count). The Kier molecular flexibility index (Phi) is 3.87. The lowest BCUT2D eigenvalue weighted by Crippen LogP contribution is -2.47. The van der Waals surface area contributed by atoms with Gasteiger partial charge >= 0.3 is 0 Å². The number of amides is 1. The Morgan fingerprint density at radius 1 is 1.82 bits per heavy atom. The van der Waals surface area contributed by atoms with Gasteiger partial charge in [-0.1, -0.05) is 0 Å². The lowest BCUT2D eigenvalue weighted by atomic mass is 9.96. The van der Waals surface area contributed by atoms with Gasteiger partial charge in [0.1, 0.15) is 5.60 Å². The molecule has 0 saturated carbocycles. The summed E-state index contributed by atoms with van der Waals surface area (Å²) in [7, 11) is 0. The zero-order chi connectivity index (χ0) is 12.5. The lowest BCUT2D eigenvalue weighted by molar-refractivity contribution is -0.0251. The van der Waals surface area contributed by atoms with Crippen LogP contribution in [0.15, 0.2) is 15.2 Å². The van der Waals surface area contributed by atoms with Gasteiger partial charge in [0.25, 0.3) is 5.91 Å². The number of carbonyl (C=O) groups is 1. The van der Waals surface area contributed by atoms with E-state index in [-0.39, 0.29) is 18.6 Å². The zero-order valence-corrected chi connectivity index (χ0v) is 11.8. The second-order valence-electron chi connectivity index (χ2n) is 4.19. The molecule has 2 atom stereocenters. The van der Waals surface area contributed by atoms with E-state index in [0.29, 0.717) is 18.6 Å². The first kappa shape index (κ1) is 13.0. The maximum absolute atomic E-state index is 11.8. The van der Waals surface area contributed by atoms with Gasteiger partial charge in [-0.05, 0) is 28.9 Å². The van der Waals surface area contributed by atoms with Crippen LogP contribution < -0.4 is 5.32 Å². The summed E-state index contributed by atoms with van der Waals surface area (Å²) in [5, 5.41) is 14.7. The molecule has 17 heavy (non-hydrogen) atoms. The topological polar surface area (TPSA) is 58.6 Å². The van der Waals surface area contributed by atoms with Crippen molar-refractivity contribution in [2.24, 2.45) is 0 Å². The van der Waals surface area contributed by atoms with Crippen LogP contribution in [0.5, 0.6) is 0 Å². The predicted octanol–water partition coefficient (Wildman–Crippen LogP) is 1.78. The number of ether oxygens (including phenoxy) is 1. The Morgan fingerprint density at radius 3 is 3.12 bits per heavy atom. The minimum atomic E-state index is -0.942. The summed E-state index contributed by atoms with van der Waals surface area (Å²) < 4.78 is 6.22. The maximum Gasteiger partial charge on any atom is 0.252 e. The lowest BCUT2D eigenvalue weighted by Gasteiger charge is -2.25. The molecule has 0 bridgehead atoms. The molecule has 1 aromatic rings. The molecule has 1 aromatic heterocycles. The number of nitrogens with one attached hydrogen (secondary N) is 1. The Hall–Kier alpha value is -0.430. The summed E-state index contributed by atoms with van der Waals surface area (Å²) in [6.07, 6.45) is 0.318. The molecular weight excluding hydrogens is 306 g/mol. The fourth-order valence-electron chi connectivity index (χ4n) is 1.77. The molecular formula is C11H14BrNO3S. The third kappa shape index (κ3) is 2.88. The minimum absolute atomic E-state index is 0.167. The van der Waals surface area contributed by atoms with Crippen molar-refractivity contribution in [3.05, 3.63) is 20.8 Å². The molecule has 0 radical (unpaired) electrons. The summed E-state index contributed by atoms with van der Waals surface area (Å²) in [6.45, 7) is 2.58. The number of hydrogen-bond acceptors (Lipinski definition) is 4. The first-order valence-electron chi connectivity index (χ1n) is 5.37. The molecule has 2 N–H and O–H groups in total. The standard InChI is InChI=1S/C11H14BrNO3S/c1-7-11(15,2-3-16-7)6-13-10(14)8-4-9(12)17-5-8/h4-5,7,15H,2-3,6H2,1H3,(H,13,14). The van der Waals surface area contributed by atoms with Crippen molar-refractivity contribution in [3.8, 4) is 0 Å². The van der Waals surface area contributed by atoms with Gasteiger partial charge in [0.15, 0.2) is 0 Å². The van der Waals surface area contributed by atoms with Gasteiger partial charge in [-0.15, -0.1) is 11.3 Å². The van der Waals surface area contributed by atoms with Crippen molar-refractivity contribution in [2.75, 3.05) is 13.2 Å². The van der Waals surface area contributed by atoms with Gasteiger partial charge in [0.05, 0.1) is 15.5 Å². The van der Waals surface area contributed by atoms with E-state index in [4.69, 9.17) is 4.74 Å². The number of carbonyl (C=O) groups excluding carboxylic acids is 1. The van der Waals surface area contributed by atoms with E-state index in [9.17, 15) is 9.90 Å². The number of thiophene rings is 1. The van der Waals surface area contributed by atoms with Crippen LogP contribution in [-0.4, -0.2) is 35.9 Å². The van der Waals surface area contributed by atoms with Crippen LogP contribution in [0.4, 0.5) is 0 Å². The first-order valence-corrected chi connectivity index (χ1v) is 7.05. The van der Waals surface area contributed by atoms with Crippen molar-refractivity contribution < 1.29 is 14.6 Å². The van der Waals surface area contributed by atoms with E-state index < -0.39 is 5.60 Å². The van der Waals surface area contributed by atoms with Crippen molar-refractivity contribution in [1.82, 2.24) is 5.32 Å². The fourth-order valence-corrected chi connectivity index (χ4v) is 2.90. The van der Waals surface area contributed by atoms with Crippen LogP contribution >= 0.6 is 27.3 Å². The molecule has 1 saturated heterocycles. The van der Waals surface area contributed by atoms with Gasteiger partial charge in [-0.3, -0.25) is 4.79 Å².